The normalized spacial score (nSPS) is 13.7. The first kappa shape index (κ1) is 32.9. The van der Waals surface area contributed by atoms with E-state index in [1.54, 1.807) is 36.4 Å². The number of nitrogens with zero attached hydrogens (tertiary/aromatic N) is 2. The van der Waals surface area contributed by atoms with E-state index in [4.69, 9.17) is 18.9 Å². The summed E-state index contributed by atoms with van der Waals surface area (Å²) >= 11 is 0. The monoisotopic (exact) mass is 647 g/mol. The molecule has 0 atom stereocenters. The summed E-state index contributed by atoms with van der Waals surface area (Å²) in [5.41, 5.74) is 0.263. The Hall–Kier alpha value is -4.01. The summed E-state index contributed by atoms with van der Waals surface area (Å²) in [6, 6.07) is 16.7. The van der Waals surface area contributed by atoms with Gasteiger partial charge < -0.3 is 24.3 Å². The van der Waals surface area contributed by atoms with E-state index in [0.717, 1.165) is 17.1 Å². The molecule has 238 valence electrons. The van der Waals surface area contributed by atoms with E-state index in [1.165, 1.54) is 48.9 Å². The summed E-state index contributed by atoms with van der Waals surface area (Å²) < 4.78 is 77.1. The zero-order valence-corrected chi connectivity index (χ0v) is 26.5. The Kier molecular flexibility index (Phi) is 10.9. The van der Waals surface area contributed by atoms with Crippen molar-refractivity contribution >= 4 is 31.6 Å². The molecule has 12 nitrogen and oxygen atoms in total. The number of carbonyl (C=O) groups is 1. The Morgan fingerprint density at radius 2 is 1.41 bits per heavy atom. The minimum Gasteiger partial charge on any atom is -0.494 e. The number of rotatable bonds is 15. The van der Waals surface area contributed by atoms with Crippen molar-refractivity contribution in [3.63, 3.8) is 0 Å². The molecule has 1 N–H and O–H groups in total. The Morgan fingerprint density at radius 3 is 2.02 bits per heavy atom. The van der Waals surface area contributed by atoms with Crippen molar-refractivity contribution in [3.8, 4) is 23.0 Å². The summed E-state index contributed by atoms with van der Waals surface area (Å²) in [5.74, 6) is 1.02. The minimum absolute atomic E-state index is 0.0788. The van der Waals surface area contributed by atoms with Gasteiger partial charge in [-0.25, -0.2) is 16.8 Å². The molecule has 1 amide bonds. The first-order valence-electron chi connectivity index (χ1n) is 14.1. The number of benzene rings is 3. The van der Waals surface area contributed by atoms with Crippen molar-refractivity contribution in [1.82, 2.24) is 9.62 Å². The molecule has 0 bridgehead atoms. The van der Waals surface area contributed by atoms with Crippen molar-refractivity contribution in [2.45, 2.75) is 29.6 Å². The van der Waals surface area contributed by atoms with Gasteiger partial charge in [0.1, 0.15) is 24.7 Å². The molecular formula is C30H37N3O9S2. The molecule has 0 aliphatic carbocycles. The largest absolute Gasteiger partial charge is 0.494 e. The molecule has 0 radical (unpaired) electrons. The predicted molar refractivity (Wildman–Crippen MR) is 165 cm³/mol. The molecule has 0 unspecified atom stereocenters. The third-order valence-corrected chi connectivity index (χ3v) is 10.6. The highest BCUT2D eigenvalue weighted by Crippen LogP contribution is 2.32. The number of nitrogens with one attached hydrogen (secondary N) is 1. The lowest BCUT2D eigenvalue weighted by molar-refractivity contribution is -0.119. The molecule has 0 aromatic heterocycles. The van der Waals surface area contributed by atoms with Gasteiger partial charge in [0.2, 0.25) is 15.9 Å². The molecule has 1 aliphatic heterocycles. The SMILES string of the molecule is CCOc1ccc(N(CC(=O)NCCOc2ccc(S(=O)(=O)N3CCCC3)cc2)S(=O)(=O)c2ccc(OC)c(OC)c2)cc1. The summed E-state index contributed by atoms with van der Waals surface area (Å²) in [6.07, 6.45) is 1.71. The van der Waals surface area contributed by atoms with Gasteiger partial charge in [-0.2, -0.15) is 4.31 Å². The fourth-order valence-corrected chi connectivity index (χ4v) is 7.58. The molecule has 1 saturated heterocycles. The highest BCUT2D eigenvalue weighted by atomic mass is 32.2. The predicted octanol–water partition coefficient (Wildman–Crippen LogP) is 3.28. The molecular weight excluding hydrogens is 610 g/mol. The van der Waals surface area contributed by atoms with Crippen LogP contribution in [0.1, 0.15) is 19.8 Å². The summed E-state index contributed by atoms with van der Waals surface area (Å²) in [7, 11) is -4.89. The highest BCUT2D eigenvalue weighted by molar-refractivity contribution is 7.92. The third-order valence-electron chi connectivity index (χ3n) is 6.89. The average Bonchev–Trinajstić information content (AvgIpc) is 3.59. The van der Waals surface area contributed by atoms with Gasteiger partial charge >= 0.3 is 0 Å². The van der Waals surface area contributed by atoms with Crippen molar-refractivity contribution in [1.29, 1.82) is 0 Å². The van der Waals surface area contributed by atoms with Crippen LogP contribution in [-0.4, -0.2) is 80.7 Å². The van der Waals surface area contributed by atoms with Crippen LogP contribution in [0.4, 0.5) is 5.69 Å². The Labute approximate surface area is 258 Å². The topological polar surface area (TPSA) is 141 Å². The summed E-state index contributed by atoms with van der Waals surface area (Å²) in [6.45, 7) is 2.98. The lowest BCUT2D eigenvalue weighted by Crippen LogP contribution is -2.41. The first-order chi connectivity index (χ1) is 21.1. The Balaban J connectivity index is 1.42. The molecule has 1 aliphatic rings. The molecule has 1 heterocycles. The maximum atomic E-state index is 13.8. The van der Waals surface area contributed by atoms with Gasteiger partial charge in [0.05, 0.1) is 42.8 Å². The molecule has 0 saturated carbocycles. The smallest absolute Gasteiger partial charge is 0.264 e. The second-order valence-corrected chi connectivity index (χ2v) is 13.5. The third kappa shape index (κ3) is 7.73. The number of hydrogen-bond acceptors (Lipinski definition) is 9. The van der Waals surface area contributed by atoms with Gasteiger partial charge in [-0.3, -0.25) is 9.10 Å². The van der Waals surface area contributed by atoms with Crippen molar-refractivity contribution in [2.24, 2.45) is 0 Å². The van der Waals surface area contributed by atoms with Crippen LogP contribution in [0, 0.1) is 0 Å². The second-order valence-electron chi connectivity index (χ2n) is 9.74. The van der Waals surface area contributed by atoms with E-state index >= 15 is 0 Å². The van der Waals surface area contributed by atoms with Gasteiger partial charge in [0.25, 0.3) is 10.0 Å². The number of amides is 1. The van der Waals surface area contributed by atoms with Gasteiger partial charge in [0.15, 0.2) is 11.5 Å². The molecule has 0 spiro atoms. The van der Waals surface area contributed by atoms with Crippen LogP contribution in [0.25, 0.3) is 0 Å². The van der Waals surface area contributed by atoms with Gasteiger partial charge in [0, 0.05) is 19.2 Å². The summed E-state index contributed by atoms with van der Waals surface area (Å²) in [5, 5.41) is 2.68. The zero-order valence-electron chi connectivity index (χ0n) is 24.9. The number of ether oxygens (including phenoxy) is 4. The van der Waals surface area contributed by atoms with Crippen LogP contribution in [-0.2, 0) is 24.8 Å². The average molecular weight is 648 g/mol. The van der Waals surface area contributed by atoms with E-state index in [1.807, 2.05) is 6.92 Å². The maximum absolute atomic E-state index is 13.8. The lowest BCUT2D eigenvalue weighted by Gasteiger charge is -2.24. The standard InChI is InChI=1S/C30H37N3O9S2/c1-4-41-24-9-7-23(8-10-24)33(44(37,38)27-15-16-28(39-2)29(21-27)40-3)22-30(34)31-17-20-42-25-11-13-26(14-12-25)43(35,36)32-18-5-6-19-32/h7-16,21H,4-6,17-20,22H2,1-3H3,(H,31,34). The lowest BCUT2D eigenvalue weighted by atomic mass is 10.3. The van der Waals surface area contributed by atoms with Gasteiger partial charge in [-0.05, 0) is 80.4 Å². The van der Waals surface area contributed by atoms with Crippen molar-refractivity contribution in [3.05, 3.63) is 66.7 Å². The van der Waals surface area contributed by atoms with E-state index < -0.39 is 32.5 Å². The highest BCUT2D eigenvalue weighted by Gasteiger charge is 2.29. The molecule has 4 rings (SSSR count). The quantitative estimate of drug-likeness (QED) is 0.246. The fraction of sp³-hybridized carbons (Fsp3) is 0.367. The van der Waals surface area contributed by atoms with Crippen LogP contribution in [0.15, 0.2) is 76.5 Å². The van der Waals surface area contributed by atoms with Gasteiger partial charge in [-0.15, -0.1) is 0 Å². The second kappa shape index (κ2) is 14.6. The fourth-order valence-electron chi connectivity index (χ4n) is 4.63. The Morgan fingerprint density at radius 1 is 0.818 bits per heavy atom. The zero-order chi connectivity index (χ0) is 31.7. The van der Waals surface area contributed by atoms with Gasteiger partial charge in [-0.1, -0.05) is 0 Å². The number of methoxy groups -OCH3 is 2. The van der Waals surface area contributed by atoms with Crippen molar-refractivity contribution < 1.29 is 40.6 Å². The Bertz CT molecular complexity index is 1620. The van der Waals surface area contributed by atoms with Crippen LogP contribution in [0.2, 0.25) is 0 Å². The maximum Gasteiger partial charge on any atom is 0.264 e. The summed E-state index contributed by atoms with van der Waals surface area (Å²) in [4.78, 5) is 13.1. The first-order valence-corrected chi connectivity index (χ1v) is 17.0. The van der Waals surface area contributed by atoms with Crippen LogP contribution >= 0.6 is 0 Å². The molecule has 1 fully saturated rings. The molecule has 3 aromatic carbocycles. The molecule has 14 heteroatoms. The number of carbonyl (C=O) groups excluding carboxylic acids is 1. The van der Waals surface area contributed by atoms with Crippen LogP contribution < -0.4 is 28.6 Å². The number of sulfonamides is 2. The minimum atomic E-state index is -4.22. The number of anilines is 1. The number of hydrogen-bond donors (Lipinski definition) is 1. The van der Waals surface area contributed by atoms with E-state index in [-0.39, 0.29) is 34.4 Å². The van der Waals surface area contributed by atoms with E-state index in [0.29, 0.717) is 36.9 Å². The van der Waals surface area contributed by atoms with Crippen molar-refractivity contribution in [2.75, 3.05) is 57.9 Å². The molecule has 3 aromatic rings. The van der Waals surface area contributed by atoms with Crippen LogP contribution in [0.5, 0.6) is 23.0 Å². The van der Waals surface area contributed by atoms with E-state index in [9.17, 15) is 21.6 Å². The van der Waals surface area contributed by atoms with Crippen LogP contribution in [0.3, 0.4) is 0 Å². The molecule has 44 heavy (non-hydrogen) atoms. The van der Waals surface area contributed by atoms with E-state index in [2.05, 4.69) is 5.32 Å².